The van der Waals surface area contributed by atoms with E-state index in [4.69, 9.17) is 9.47 Å². The third-order valence-electron chi connectivity index (χ3n) is 6.08. The van der Waals surface area contributed by atoms with Gasteiger partial charge in [0.2, 0.25) is 0 Å². The summed E-state index contributed by atoms with van der Waals surface area (Å²) in [5, 5.41) is 17.0. The first-order valence-corrected chi connectivity index (χ1v) is 13.6. The average molecular weight is 564 g/mol. The highest BCUT2D eigenvalue weighted by Crippen LogP contribution is 2.16. The molecule has 1 aliphatic heterocycles. The summed E-state index contributed by atoms with van der Waals surface area (Å²) in [5.74, 6) is -0.270. The number of aliphatic imine (C=N–C) groups is 1. The third kappa shape index (κ3) is 8.95. The first-order valence-electron chi connectivity index (χ1n) is 13.6. The molecule has 1 atom stereocenters. The summed E-state index contributed by atoms with van der Waals surface area (Å²) < 4.78 is 12.6. The van der Waals surface area contributed by atoms with Gasteiger partial charge in [0.15, 0.2) is 5.96 Å². The zero-order valence-corrected chi connectivity index (χ0v) is 23.6. The zero-order chi connectivity index (χ0) is 29.2. The second-order valence-corrected chi connectivity index (χ2v) is 10.6. The highest BCUT2D eigenvalue weighted by Gasteiger charge is 2.28. The fourth-order valence-corrected chi connectivity index (χ4v) is 4.11. The van der Waals surface area contributed by atoms with Gasteiger partial charge in [0.1, 0.15) is 18.2 Å². The summed E-state index contributed by atoms with van der Waals surface area (Å²) in [6.07, 6.45) is 1.78. The first-order chi connectivity index (χ1) is 19.7. The number of nitrogens with zero attached hydrogens (tertiary/aromatic N) is 3. The Morgan fingerprint density at radius 3 is 2.66 bits per heavy atom. The van der Waals surface area contributed by atoms with Crippen molar-refractivity contribution in [1.82, 2.24) is 31.0 Å². The molecule has 4 N–H and O–H groups in total. The molecule has 0 aliphatic carbocycles. The molecule has 2 amide bonds. The van der Waals surface area contributed by atoms with Gasteiger partial charge in [0.05, 0.1) is 18.3 Å². The Bertz CT molecular complexity index is 1380. The Morgan fingerprint density at radius 1 is 1.12 bits per heavy atom. The van der Waals surface area contributed by atoms with E-state index in [0.29, 0.717) is 12.1 Å². The van der Waals surface area contributed by atoms with Gasteiger partial charge in [-0.25, -0.2) is 9.59 Å². The molecular formula is C29H37N7O5. The van der Waals surface area contributed by atoms with Crippen molar-refractivity contribution in [2.24, 2.45) is 4.99 Å². The van der Waals surface area contributed by atoms with Crippen LogP contribution in [0.2, 0.25) is 0 Å². The maximum absolute atomic E-state index is 13.1. The largest absolute Gasteiger partial charge is 0.458 e. The van der Waals surface area contributed by atoms with Crippen molar-refractivity contribution in [2.75, 3.05) is 26.2 Å². The van der Waals surface area contributed by atoms with Crippen LogP contribution in [0.15, 0.2) is 59.7 Å². The lowest BCUT2D eigenvalue weighted by atomic mass is 10.1. The van der Waals surface area contributed by atoms with Gasteiger partial charge in [-0.2, -0.15) is 5.10 Å². The van der Waals surface area contributed by atoms with Crippen LogP contribution in [0.3, 0.4) is 0 Å². The number of aryl methyl sites for hydroxylation is 1. The molecule has 0 unspecified atom stereocenters. The number of ether oxygens (including phenoxy) is 2. The minimum Gasteiger partial charge on any atom is -0.458 e. The molecule has 12 heteroatoms. The number of hydrogen-bond donors (Lipinski definition) is 4. The molecule has 2 heterocycles. The van der Waals surface area contributed by atoms with Gasteiger partial charge in [0, 0.05) is 37.1 Å². The van der Waals surface area contributed by atoms with Crippen LogP contribution in [-0.2, 0) is 27.4 Å². The van der Waals surface area contributed by atoms with Crippen molar-refractivity contribution >= 4 is 34.8 Å². The first kappa shape index (κ1) is 29.4. The quantitative estimate of drug-likeness (QED) is 0.205. The molecule has 12 nitrogen and oxygen atoms in total. The molecule has 3 aromatic rings. The highest BCUT2D eigenvalue weighted by molar-refractivity contribution is 5.98. The van der Waals surface area contributed by atoms with E-state index in [9.17, 15) is 14.4 Å². The summed E-state index contributed by atoms with van der Waals surface area (Å²) in [7, 11) is 0. The highest BCUT2D eigenvalue weighted by atomic mass is 16.6. The molecule has 4 rings (SSSR count). The number of carbonyl (C=O) groups is 3. The van der Waals surface area contributed by atoms with Crippen molar-refractivity contribution < 1.29 is 23.9 Å². The van der Waals surface area contributed by atoms with E-state index in [1.807, 2.05) is 41.1 Å². The van der Waals surface area contributed by atoms with Crippen molar-refractivity contribution in [2.45, 2.75) is 52.0 Å². The normalized spacial score (nSPS) is 13.6. The topological polar surface area (TPSA) is 148 Å². The van der Waals surface area contributed by atoms with Gasteiger partial charge >= 0.3 is 12.1 Å². The van der Waals surface area contributed by atoms with E-state index in [1.54, 1.807) is 39.1 Å². The molecule has 2 aromatic carbocycles. The minimum atomic E-state index is -1.15. The van der Waals surface area contributed by atoms with Gasteiger partial charge in [-0.15, -0.1) is 0 Å². The van der Waals surface area contributed by atoms with E-state index < -0.39 is 29.6 Å². The number of amides is 2. The maximum atomic E-state index is 13.1. The summed E-state index contributed by atoms with van der Waals surface area (Å²) in [4.78, 5) is 42.7. The maximum Gasteiger partial charge on any atom is 0.408 e. The lowest BCUT2D eigenvalue weighted by Crippen LogP contribution is -2.50. The van der Waals surface area contributed by atoms with Gasteiger partial charge in [-0.3, -0.25) is 14.5 Å². The lowest BCUT2D eigenvalue weighted by molar-refractivity contribution is -0.157. The SMILES string of the molecule is CC(C)(C)OC(=O)[C@H](CNC(=O)c1ccc2cnn(CCCNC3=NCCN3)c2c1)NC(=O)OCc1ccccc1. The third-order valence-corrected chi connectivity index (χ3v) is 6.08. The number of nitrogens with one attached hydrogen (secondary N) is 4. The molecule has 41 heavy (non-hydrogen) atoms. The Kier molecular flexibility index (Phi) is 9.77. The van der Waals surface area contributed by atoms with Gasteiger partial charge in [0.25, 0.3) is 5.91 Å². The van der Waals surface area contributed by atoms with Gasteiger partial charge in [-0.05, 0) is 44.9 Å². The molecule has 0 saturated heterocycles. The van der Waals surface area contributed by atoms with Crippen LogP contribution in [0.25, 0.3) is 10.9 Å². The number of esters is 1. The Morgan fingerprint density at radius 2 is 1.93 bits per heavy atom. The molecule has 1 aliphatic rings. The second kappa shape index (κ2) is 13.6. The Balaban J connectivity index is 1.35. The lowest BCUT2D eigenvalue weighted by Gasteiger charge is -2.24. The predicted molar refractivity (Wildman–Crippen MR) is 154 cm³/mol. The fraction of sp³-hybridized carbons (Fsp3) is 0.414. The Labute approximate surface area is 238 Å². The monoisotopic (exact) mass is 563 g/mol. The molecule has 0 saturated carbocycles. The predicted octanol–water partition coefficient (Wildman–Crippen LogP) is 2.34. The molecule has 0 bridgehead atoms. The van der Waals surface area contributed by atoms with E-state index in [1.165, 1.54) is 0 Å². The number of fused-ring (bicyclic) bond motifs is 1. The summed E-state index contributed by atoms with van der Waals surface area (Å²) in [6, 6.07) is 13.3. The van der Waals surface area contributed by atoms with Crippen LogP contribution in [-0.4, -0.2) is 71.5 Å². The summed E-state index contributed by atoms with van der Waals surface area (Å²) in [5.41, 5.74) is 1.24. The number of rotatable bonds is 11. The van der Waals surface area contributed by atoms with Crippen LogP contribution in [0.5, 0.6) is 0 Å². The number of aromatic nitrogens is 2. The number of carbonyl (C=O) groups excluding carboxylic acids is 3. The molecule has 0 radical (unpaired) electrons. The van der Waals surface area contributed by atoms with Crippen LogP contribution in [0.1, 0.15) is 43.1 Å². The second-order valence-electron chi connectivity index (χ2n) is 10.6. The molecule has 218 valence electrons. The van der Waals surface area contributed by atoms with E-state index in [-0.39, 0.29) is 13.2 Å². The summed E-state index contributed by atoms with van der Waals surface area (Å²) in [6.45, 7) is 8.05. The molecule has 0 spiro atoms. The van der Waals surface area contributed by atoms with Gasteiger partial charge < -0.3 is 30.7 Å². The van der Waals surface area contributed by atoms with Crippen molar-refractivity contribution in [3.8, 4) is 0 Å². The number of guanidine groups is 1. The van der Waals surface area contributed by atoms with Crippen LogP contribution >= 0.6 is 0 Å². The minimum absolute atomic E-state index is 0.0372. The summed E-state index contributed by atoms with van der Waals surface area (Å²) >= 11 is 0. The van der Waals surface area contributed by atoms with Crippen molar-refractivity contribution in [3.05, 3.63) is 65.9 Å². The smallest absolute Gasteiger partial charge is 0.408 e. The number of hydrogen-bond acceptors (Lipinski definition) is 9. The standard InChI is InChI=1S/C29H37N7O5/c1-29(2,3)41-26(38)23(35-28(39)40-19-20-8-5-4-6-9-20)18-33-25(37)21-10-11-22-17-34-36(24(22)16-21)15-7-12-30-27-31-13-14-32-27/h4-6,8-11,16-17,23H,7,12-15,18-19H2,1-3H3,(H,33,37)(H,35,39)(H2,30,31,32)/t23-/m0/s1. The van der Waals surface area contributed by atoms with E-state index in [0.717, 1.165) is 48.5 Å². The van der Waals surface area contributed by atoms with E-state index in [2.05, 4.69) is 31.4 Å². The zero-order valence-electron chi connectivity index (χ0n) is 23.6. The fourth-order valence-electron chi connectivity index (χ4n) is 4.11. The molecule has 1 aromatic heterocycles. The van der Waals surface area contributed by atoms with Gasteiger partial charge in [-0.1, -0.05) is 36.4 Å². The number of alkyl carbamates (subject to hydrolysis) is 1. The average Bonchev–Trinajstić information content (AvgIpc) is 3.61. The molecule has 0 fully saturated rings. The van der Waals surface area contributed by atoms with Crippen LogP contribution in [0.4, 0.5) is 4.79 Å². The number of benzene rings is 2. The molecular weight excluding hydrogens is 526 g/mol. The van der Waals surface area contributed by atoms with Crippen LogP contribution < -0.4 is 21.3 Å². The van der Waals surface area contributed by atoms with Crippen molar-refractivity contribution in [3.63, 3.8) is 0 Å². The van der Waals surface area contributed by atoms with E-state index >= 15 is 0 Å². The van der Waals surface area contributed by atoms with Crippen LogP contribution in [0, 0.1) is 0 Å². The van der Waals surface area contributed by atoms with Crippen molar-refractivity contribution in [1.29, 1.82) is 0 Å². The Hall–Kier alpha value is -4.61.